The number of esters is 2. The molecule has 2 aliphatic rings. The number of hydrogen-bond acceptors (Lipinski definition) is 14. The fourth-order valence-electron chi connectivity index (χ4n) is 11.4. The smallest absolute Gasteiger partial charge is 0.305 e. The van der Waals surface area contributed by atoms with E-state index in [1.165, 1.54) is 22.3 Å². The number of nitrogens with zero attached hydrogens (tertiary/aromatic N) is 2. The summed E-state index contributed by atoms with van der Waals surface area (Å²) in [6.07, 6.45) is 10.9. The second kappa shape index (κ2) is 31.2. The number of quaternary nitrogens is 2. The van der Waals surface area contributed by atoms with Crippen LogP contribution in [0.15, 0.2) is 48.5 Å². The van der Waals surface area contributed by atoms with Crippen LogP contribution in [0.5, 0.6) is 57.5 Å². The third-order valence-electron chi connectivity index (χ3n) is 15.8. The van der Waals surface area contributed by atoms with E-state index in [2.05, 4.69) is 38.4 Å². The summed E-state index contributed by atoms with van der Waals surface area (Å²) in [5.74, 6) is 6.10. The number of benzene rings is 4. The van der Waals surface area contributed by atoms with Gasteiger partial charge in [-0.3, -0.25) is 9.59 Å². The average molecular weight is 1130 g/mol. The van der Waals surface area contributed by atoms with Crippen molar-refractivity contribution in [2.45, 2.75) is 102 Å². The Kier molecular flexibility index (Phi) is 25.9. The molecule has 4 aromatic carbocycles. The van der Waals surface area contributed by atoms with Gasteiger partial charge in [0, 0.05) is 62.5 Å². The number of likely N-dealkylation sites (N-methyl/N-ethyl adjacent to an activating group) is 2. The van der Waals surface area contributed by atoms with Crippen LogP contribution in [-0.2, 0) is 44.7 Å². The van der Waals surface area contributed by atoms with E-state index in [1.807, 2.05) is 24.3 Å². The highest BCUT2D eigenvalue weighted by Crippen LogP contribution is 2.47. The monoisotopic (exact) mass is 1130 g/mol. The van der Waals surface area contributed by atoms with E-state index in [9.17, 15) is 9.59 Å². The molecule has 0 bridgehead atoms. The van der Waals surface area contributed by atoms with Crippen molar-refractivity contribution in [1.29, 1.82) is 0 Å². The zero-order chi connectivity index (χ0) is 54.8. The van der Waals surface area contributed by atoms with Gasteiger partial charge >= 0.3 is 11.9 Å². The van der Waals surface area contributed by atoms with Gasteiger partial charge in [-0.05, 0) is 83.6 Å². The maximum absolute atomic E-state index is 12.9. The van der Waals surface area contributed by atoms with Crippen molar-refractivity contribution < 1.29 is 100 Å². The molecular formula is C60H86Cl2N2O14. The number of rotatable bonds is 31. The van der Waals surface area contributed by atoms with Crippen LogP contribution >= 0.6 is 0 Å². The predicted molar refractivity (Wildman–Crippen MR) is 292 cm³/mol. The minimum absolute atomic E-state index is 0. The minimum atomic E-state index is -0.156. The molecule has 0 amide bonds. The number of carbonyl (C=O) groups excluding carboxylic acids is 2. The Morgan fingerprint density at radius 3 is 1.03 bits per heavy atom. The molecule has 78 heavy (non-hydrogen) atoms. The molecule has 0 aliphatic carbocycles. The summed E-state index contributed by atoms with van der Waals surface area (Å²) in [6.45, 7) is 4.21. The van der Waals surface area contributed by atoms with Crippen LogP contribution in [0.4, 0.5) is 0 Å². The molecule has 0 radical (unpaired) electrons. The highest BCUT2D eigenvalue weighted by atomic mass is 35.5. The van der Waals surface area contributed by atoms with Gasteiger partial charge in [-0.1, -0.05) is 25.7 Å². The van der Waals surface area contributed by atoms with Crippen molar-refractivity contribution in [3.8, 4) is 57.5 Å². The van der Waals surface area contributed by atoms with Gasteiger partial charge in [0.1, 0.15) is 12.1 Å². The van der Waals surface area contributed by atoms with Crippen molar-refractivity contribution in [2.75, 3.05) is 125 Å². The highest BCUT2D eigenvalue weighted by Gasteiger charge is 2.42. The summed E-state index contributed by atoms with van der Waals surface area (Å²) in [5.41, 5.74) is 7.02. The summed E-state index contributed by atoms with van der Waals surface area (Å²) in [7, 11) is 21.0. The molecule has 0 spiro atoms. The van der Waals surface area contributed by atoms with Crippen molar-refractivity contribution in [3.05, 3.63) is 81.9 Å². The van der Waals surface area contributed by atoms with Gasteiger partial charge in [-0.25, -0.2) is 0 Å². The maximum atomic E-state index is 12.9. The fourth-order valence-corrected chi connectivity index (χ4v) is 11.4. The van der Waals surface area contributed by atoms with Crippen LogP contribution in [0.3, 0.4) is 0 Å². The SMILES string of the molecule is COc1cc2c(cc1OC)[C@@H](Cc1cc(OC)c(OC)c(OC)c1)[N@+](C)(CCCOC(=O)CCCCCCCCC(=O)OCCC[N@@+]1(C)CCc3cc(OC)c(OC)cc3[C@@H]1Cc1cc(OC)c(OC)c(OC)c1)CC2.[Cl-].[Cl-]. The zero-order valence-electron chi connectivity index (χ0n) is 48.3. The molecule has 0 aromatic heterocycles. The largest absolute Gasteiger partial charge is 1.00 e. The number of halogens is 2. The molecule has 0 unspecified atom stereocenters. The Bertz CT molecular complexity index is 2340. The van der Waals surface area contributed by atoms with E-state index in [-0.39, 0.29) is 48.8 Å². The molecule has 4 atom stereocenters. The van der Waals surface area contributed by atoms with Crippen molar-refractivity contribution in [1.82, 2.24) is 0 Å². The molecule has 18 heteroatoms. The highest BCUT2D eigenvalue weighted by molar-refractivity contribution is 5.69. The summed E-state index contributed by atoms with van der Waals surface area (Å²) >= 11 is 0. The Labute approximate surface area is 476 Å². The van der Waals surface area contributed by atoms with E-state index in [4.69, 9.17) is 56.8 Å². The van der Waals surface area contributed by atoms with Gasteiger partial charge < -0.3 is 90.6 Å². The first-order valence-electron chi connectivity index (χ1n) is 26.8. The molecule has 0 N–H and O–H groups in total. The number of fused-ring (bicyclic) bond motifs is 2. The normalized spacial score (nSPS) is 18.1. The summed E-state index contributed by atoms with van der Waals surface area (Å²) in [4.78, 5) is 25.7. The molecule has 0 saturated carbocycles. The molecule has 434 valence electrons. The van der Waals surface area contributed by atoms with E-state index in [1.54, 1.807) is 71.1 Å². The van der Waals surface area contributed by atoms with E-state index in [0.717, 1.165) is 122 Å². The van der Waals surface area contributed by atoms with Gasteiger partial charge in [-0.2, -0.15) is 0 Å². The quantitative estimate of drug-likeness (QED) is 0.0406. The van der Waals surface area contributed by atoms with Crippen LogP contribution in [0.25, 0.3) is 0 Å². The molecule has 16 nitrogen and oxygen atoms in total. The van der Waals surface area contributed by atoms with Crippen LogP contribution in [-0.4, -0.2) is 145 Å². The average Bonchev–Trinajstić information content (AvgIpc) is 3.54. The van der Waals surface area contributed by atoms with E-state index in [0.29, 0.717) is 84.9 Å². The second-order valence-electron chi connectivity index (χ2n) is 20.4. The first kappa shape index (κ1) is 64.8. The van der Waals surface area contributed by atoms with Gasteiger partial charge in [0.25, 0.3) is 0 Å². The Morgan fingerprint density at radius 1 is 0.410 bits per heavy atom. The van der Waals surface area contributed by atoms with Crippen LogP contribution in [0.1, 0.15) is 110 Å². The Balaban J connectivity index is 0.00000656. The number of methoxy groups -OCH3 is 10. The van der Waals surface area contributed by atoms with Crippen molar-refractivity contribution in [2.24, 2.45) is 0 Å². The minimum Gasteiger partial charge on any atom is -1.00 e. The molecule has 0 saturated heterocycles. The van der Waals surface area contributed by atoms with Gasteiger partial charge in [0.15, 0.2) is 46.0 Å². The number of carbonyl (C=O) groups is 2. The van der Waals surface area contributed by atoms with Crippen LogP contribution in [0, 0.1) is 0 Å². The third kappa shape index (κ3) is 16.0. The standard InChI is InChI=1S/C60H86N2O14.2ClH/c1-61(27-23-43-37-49(65-3)51(67-5)39-45(43)47(61)31-41-33-53(69-7)59(73-11)54(34-41)70-8)25-19-29-75-57(63)21-17-15-13-14-16-18-22-58(64)76-30-20-26-62(2)28-24-44-38-50(66-4)52(68-6)40-46(44)48(62)32-42-35-55(71-9)60(74-12)56(36-42)72-10;;/h33-40,47-48H,13-32H2,1-12H3;2*1H/q+2;;/p-2/t47-,48+,61-,62+;;. The van der Waals surface area contributed by atoms with Crippen LogP contribution in [0.2, 0.25) is 0 Å². The predicted octanol–water partition coefficient (Wildman–Crippen LogP) is 4.04. The molecular weight excluding hydrogens is 1040 g/mol. The summed E-state index contributed by atoms with van der Waals surface area (Å²) in [5, 5.41) is 0. The van der Waals surface area contributed by atoms with Crippen molar-refractivity contribution in [3.63, 3.8) is 0 Å². The van der Waals surface area contributed by atoms with Crippen LogP contribution < -0.4 is 72.2 Å². The van der Waals surface area contributed by atoms with Crippen molar-refractivity contribution >= 4 is 11.9 Å². The van der Waals surface area contributed by atoms with Gasteiger partial charge in [-0.15, -0.1) is 0 Å². The lowest BCUT2D eigenvalue weighted by Crippen LogP contribution is -3.00. The zero-order valence-corrected chi connectivity index (χ0v) is 49.8. The molecule has 2 aliphatic heterocycles. The lowest BCUT2D eigenvalue weighted by Gasteiger charge is -2.46. The van der Waals surface area contributed by atoms with E-state index < -0.39 is 0 Å². The third-order valence-corrected chi connectivity index (χ3v) is 15.8. The Morgan fingerprint density at radius 2 is 0.718 bits per heavy atom. The lowest BCUT2D eigenvalue weighted by molar-refractivity contribution is -0.941. The molecule has 2 heterocycles. The molecule has 4 aromatic rings. The Hall–Kier alpha value is -5.68. The second-order valence-corrected chi connectivity index (χ2v) is 20.4. The van der Waals surface area contributed by atoms with Gasteiger partial charge in [0.05, 0.1) is 125 Å². The topological polar surface area (TPSA) is 145 Å². The van der Waals surface area contributed by atoms with E-state index >= 15 is 0 Å². The summed E-state index contributed by atoms with van der Waals surface area (Å²) in [6, 6.07) is 16.7. The number of hydrogen-bond donors (Lipinski definition) is 0. The number of ether oxygens (including phenoxy) is 12. The summed E-state index contributed by atoms with van der Waals surface area (Å²) < 4.78 is 70.0. The first-order chi connectivity index (χ1) is 36.7. The molecule has 6 rings (SSSR count). The lowest BCUT2D eigenvalue weighted by atomic mass is 9.86. The maximum Gasteiger partial charge on any atom is 0.305 e. The number of unbranched alkanes of at least 4 members (excludes halogenated alkanes) is 5. The first-order valence-corrected chi connectivity index (χ1v) is 26.8. The molecule has 0 fully saturated rings. The van der Waals surface area contributed by atoms with Gasteiger partial charge in [0.2, 0.25) is 11.5 Å². The fraction of sp³-hybridized carbons (Fsp3) is 0.567.